The molecule has 2 nitrogen and oxygen atoms in total. The molecule has 0 saturated carbocycles. The summed E-state index contributed by atoms with van der Waals surface area (Å²) in [6.07, 6.45) is 0.745. The van der Waals surface area contributed by atoms with Gasteiger partial charge in [0, 0.05) is 0 Å². The van der Waals surface area contributed by atoms with Crippen LogP contribution < -0.4 is 5.73 Å². The predicted octanol–water partition coefficient (Wildman–Crippen LogP) is 0.734. The molecule has 0 aromatic carbocycles. The number of halogens is 1. The summed E-state index contributed by atoms with van der Waals surface area (Å²) in [6.45, 7) is 3.40. The van der Waals surface area contributed by atoms with Crippen LogP contribution in [-0.4, -0.2) is 11.8 Å². The van der Waals surface area contributed by atoms with Gasteiger partial charge in [0.25, 0.3) is 0 Å². The van der Waals surface area contributed by atoms with Crippen LogP contribution in [0.1, 0.15) is 20.3 Å². The lowest BCUT2D eigenvalue weighted by Gasteiger charge is -1.99. The van der Waals surface area contributed by atoms with Gasteiger partial charge in [-0.1, -0.05) is 6.92 Å². The number of carbonyl (C=O) groups is 1. The fraction of sp³-hybridized carbons (Fsp3) is 0.800. The molecule has 0 amide bonds. The van der Waals surface area contributed by atoms with Crippen LogP contribution in [0.25, 0.3) is 0 Å². The fourth-order valence-corrected chi connectivity index (χ4v) is 0.287. The molecule has 8 heavy (non-hydrogen) atoms. The summed E-state index contributed by atoms with van der Waals surface area (Å²) in [5.74, 6) is 0.0718. The first-order chi connectivity index (χ1) is 3.18. The van der Waals surface area contributed by atoms with E-state index in [1.807, 2.05) is 6.92 Å². The minimum Gasteiger partial charge on any atom is -0.322 e. The first kappa shape index (κ1) is 10.8. The first-order valence-corrected chi connectivity index (χ1v) is 2.44. The van der Waals surface area contributed by atoms with Gasteiger partial charge in [-0.2, -0.15) is 0 Å². The molecule has 0 aromatic rings. The Hall–Kier alpha value is -0.0800. The van der Waals surface area contributed by atoms with Crippen LogP contribution in [-0.2, 0) is 4.79 Å². The summed E-state index contributed by atoms with van der Waals surface area (Å²) in [5.41, 5.74) is 5.27. The maximum Gasteiger partial charge on any atom is 0.146 e. The average Bonchev–Trinajstić information content (AvgIpc) is 1.65. The summed E-state index contributed by atoms with van der Waals surface area (Å²) >= 11 is 0. The van der Waals surface area contributed by atoms with Gasteiger partial charge in [0.1, 0.15) is 5.78 Å². The zero-order valence-corrected chi connectivity index (χ0v) is 5.99. The van der Waals surface area contributed by atoms with Gasteiger partial charge >= 0.3 is 0 Å². The van der Waals surface area contributed by atoms with Crippen molar-refractivity contribution in [1.82, 2.24) is 0 Å². The van der Waals surface area contributed by atoms with Gasteiger partial charge in [-0.3, -0.25) is 4.79 Å². The molecule has 50 valence electrons. The number of Topliss-reactive ketones (excluding diaryl/α,β-unsaturated/α-hetero) is 1. The van der Waals surface area contributed by atoms with Gasteiger partial charge in [0.2, 0.25) is 0 Å². The molecular weight excluding hydrogens is 126 g/mol. The second-order valence-corrected chi connectivity index (χ2v) is 1.63. The van der Waals surface area contributed by atoms with E-state index in [4.69, 9.17) is 5.73 Å². The van der Waals surface area contributed by atoms with E-state index < -0.39 is 0 Å². The highest BCUT2D eigenvalue weighted by Gasteiger charge is 2.01. The van der Waals surface area contributed by atoms with Crippen molar-refractivity contribution in [3.8, 4) is 0 Å². The van der Waals surface area contributed by atoms with Crippen molar-refractivity contribution < 1.29 is 4.79 Å². The van der Waals surface area contributed by atoms with Crippen molar-refractivity contribution in [2.75, 3.05) is 0 Å². The number of hydrogen-bond donors (Lipinski definition) is 1. The Balaban J connectivity index is 0. The first-order valence-electron chi connectivity index (χ1n) is 2.44. The summed E-state index contributed by atoms with van der Waals surface area (Å²) in [6, 6.07) is -0.236. The van der Waals surface area contributed by atoms with Crippen molar-refractivity contribution in [3.63, 3.8) is 0 Å². The zero-order chi connectivity index (χ0) is 5.86. The highest BCUT2D eigenvalue weighted by molar-refractivity contribution is 5.85. The van der Waals surface area contributed by atoms with Gasteiger partial charge in [0.15, 0.2) is 0 Å². The van der Waals surface area contributed by atoms with Crippen molar-refractivity contribution >= 4 is 18.2 Å². The van der Waals surface area contributed by atoms with Crippen LogP contribution in [0.4, 0.5) is 0 Å². The molecule has 0 heterocycles. The number of hydrogen-bond acceptors (Lipinski definition) is 2. The van der Waals surface area contributed by atoms with Crippen LogP contribution in [0.3, 0.4) is 0 Å². The number of nitrogens with two attached hydrogens (primary N) is 1. The van der Waals surface area contributed by atoms with Gasteiger partial charge < -0.3 is 5.73 Å². The third-order valence-corrected chi connectivity index (χ3v) is 0.962. The Morgan fingerprint density at radius 2 is 2.12 bits per heavy atom. The highest BCUT2D eigenvalue weighted by Crippen LogP contribution is 1.84. The standard InChI is InChI=1S/C5H11NO.ClH/c1-3-5(6)4(2)7;/h5H,3,6H2,1-2H3;1H/t5-;/m0./s1. The summed E-state index contributed by atoms with van der Waals surface area (Å²) in [4.78, 5) is 10.2. The Morgan fingerprint density at radius 1 is 1.75 bits per heavy atom. The third-order valence-electron chi connectivity index (χ3n) is 0.962. The molecular formula is C5H12ClNO. The monoisotopic (exact) mass is 137 g/mol. The van der Waals surface area contributed by atoms with Crippen LogP contribution in [0, 0.1) is 0 Å². The van der Waals surface area contributed by atoms with Crippen molar-refractivity contribution in [2.45, 2.75) is 26.3 Å². The lowest BCUT2D eigenvalue weighted by Crippen LogP contribution is -2.26. The van der Waals surface area contributed by atoms with Crippen LogP contribution in [0.15, 0.2) is 0 Å². The maximum absolute atomic E-state index is 10.2. The molecule has 0 aromatic heterocycles. The second kappa shape index (κ2) is 5.06. The predicted molar refractivity (Wildman–Crippen MR) is 36.2 cm³/mol. The van der Waals surface area contributed by atoms with E-state index in [9.17, 15) is 4.79 Å². The smallest absolute Gasteiger partial charge is 0.146 e. The molecule has 2 N–H and O–H groups in total. The molecule has 3 heteroatoms. The van der Waals surface area contributed by atoms with Crippen LogP contribution in [0.5, 0.6) is 0 Å². The molecule has 0 radical (unpaired) electrons. The third kappa shape index (κ3) is 4.09. The lowest BCUT2D eigenvalue weighted by molar-refractivity contribution is -0.118. The molecule has 0 unspecified atom stereocenters. The quantitative estimate of drug-likeness (QED) is 0.610. The summed E-state index contributed by atoms with van der Waals surface area (Å²) in [7, 11) is 0. The minimum absolute atomic E-state index is 0. The van der Waals surface area contributed by atoms with E-state index in [1.165, 1.54) is 6.92 Å². The van der Waals surface area contributed by atoms with Gasteiger partial charge in [-0.05, 0) is 13.3 Å². The van der Waals surface area contributed by atoms with E-state index in [0.29, 0.717) is 0 Å². The van der Waals surface area contributed by atoms with Crippen molar-refractivity contribution in [2.24, 2.45) is 5.73 Å². The van der Waals surface area contributed by atoms with Gasteiger partial charge in [-0.25, -0.2) is 0 Å². The highest BCUT2D eigenvalue weighted by atomic mass is 35.5. The van der Waals surface area contributed by atoms with E-state index >= 15 is 0 Å². The van der Waals surface area contributed by atoms with Gasteiger partial charge in [-0.15, -0.1) is 12.4 Å². The topological polar surface area (TPSA) is 43.1 Å². The Labute approximate surface area is 55.9 Å². The van der Waals surface area contributed by atoms with E-state index in [1.54, 1.807) is 0 Å². The van der Waals surface area contributed by atoms with E-state index in [-0.39, 0.29) is 24.2 Å². The summed E-state index contributed by atoms with van der Waals surface area (Å²) in [5, 5.41) is 0. The Kier molecular flexibility index (Phi) is 6.85. The molecule has 0 aliphatic carbocycles. The van der Waals surface area contributed by atoms with Gasteiger partial charge in [0.05, 0.1) is 6.04 Å². The molecule has 0 spiro atoms. The van der Waals surface area contributed by atoms with Crippen molar-refractivity contribution in [1.29, 1.82) is 0 Å². The molecule has 0 bridgehead atoms. The largest absolute Gasteiger partial charge is 0.322 e. The van der Waals surface area contributed by atoms with Crippen LogP contribution >= 0.6 is 12.4 Å². The molecule has 0 fully saturated rings. The fourth-order valence-electron chi connectivity index (χ4n) is 0.287. The molecule has 1 atom stereocenters. The molecule has 0 aliphatic rings. The number of ketones is 1. The van der Waals surface area contributed by atoms with Crippen LogP contribution in [0.2, 0.25) is 0 Å². The zero-order valence-electron chi connectivity index (χ0n) is 5.18. The number of carbonyl (C=O) groups excluding carboxylic acids is 1. The lowest BCUT2D eigenvalue weighted by atomic mass is 10.2. The maximum atomic E-state index is 10.2. The Bertz CT molecular complexity index is 74.8. The average molecular weight is 138 g/mol. The number of rotatable bonds is 2. The van der Waals surface area contributed by atoms with E-state index in [2.05, 4.69) is 0 Å². The second-order valence-electron chi connectivity index (χ2n) is 1.63. The van der Waals surface area contributed by atoms with E-state index in [0.717, 1.165) is 6.42 Å². The molecule has 0 aliphatic heterocycles. The SMILES string of the molecule is CC[C@H](N)C(C)=O.Cl. The van der Waals surface area contributed by atoms with Crippen molar-refractivity contribution in [3.05, 3.63) is 0 Å². The Morgan fingerprint density at radius 3 is 2.12 bits per heavy atom. The minimum atomic E-state index is -0.236. The molecule has 0 rings (SSSR count). The molecule has 0 saturated heterocycles. The normalized spacial score (nSPS) is 11.9. The summed E-state index contributed by atoms with van der Waals surface area (Å²) < 4.78 is 0.